The zero-order valence-corrected chi connectivity index (χ0v) is 34.4. The molecule has 0 radical (unpaired) electrons. The summed E-state index contributed by atoms with van der Waals surface area (Å²) in [4.78, 5) is 71.1. The molecule has 0 saturated heterocycles. The number of carboxylic acids is 1. The maximum atomic E-state index is 14.2. The number of nitrogens with one attached hydrogen (secondary N) is 2. The fourth-order valence-corrected chi connectivity index (χ4v) is 9.05. The third-order valence-corrected chi connectivity index (χ3v) is 12.2. The highest BCUT2D eigenvalue weighted by atomic mass is 35.5. The first-order chi connectivity index (χ1) is 27.9. The number of para-hydroxylation sites is 1. The molecule has 1 aliphatic rings. The number of halogens is 1. The summed E-state index contributed by atoms with van der Waals surface area (Å²) in [5, 5.41) is 12.5. The molecule has 2 aromatic heterocycles. The van der Waals surface area contributed by atoms with Crippen molar-refractivity contribution in [1.82, 2.24) is 10.3 Å². The molecule has 3 heterocycles. The van der Waals surface area contributed by atoms with E-state index in [0.29, 0.717) is 56.0 Å². The number of hydrogen-bond donors (Lipinski definition) is 3. The number of alkyl halides is 1. The second kappa shape index (κ2) is 18.9. The number of methoxy groups -OCH3 is 2. The summed E-state index contributed by atoms with van der Waals surface area (Å²) in [6.07, 6.45) is -0.608. The van der Waals surface area contributed by atoms with Gasteiger partial charge < -0.3 is 43.7 Å². The fourth-order valence-electron chi connectivity index (χ4n) is 6.59. The number of rotatable bonds is 17. The van der Waals surface area contributed by atoms with Gasteiger partial charge in [0.2, 0.25) is 5.91 Å². The number of carbonyl (C=O) groups is 5. The van der Waals surface area contributed by atoms with Crippen LogP contribution in [0, 0.1) is 6.92 Å². The minimum Gasteiger partial charge on any atom is -0.497 e. The lowest BCUT2D eigenvalue weighted by atomic mass is 9.95. The van der Waals surface area contributed by atoms with Gasteiger partial charge in [0.05, 0.1) is 56.3 Å². The number of anilines is 2. The molecule has 306 valence electrons. The van der Waals surface area contributed by atoms with Crippen molar-refractivity contribution < 1.29 is 52.4 Å². The molecule has 5 aromatic rings. The number of carboxylic acid groups (broad SMARTS) is 1. The molecule has 15 nitrogen and oxygen atoms in total. The summed E-state index contributed by atoms with van der Waals surface area (Å²) in [7, 11) is 7.22. The van der Waals surface area contributed by atoms with Crippen molar-refractivity contribution >= 4 is 96.3 Å². The van der Waals surface area contributed by atoms with Gasteiger partial charge in [-0.15, -0.1) is 11.6 Å². The van der Waals surface area contributed by atoms with Crippen LogP contribution in [-0.2, 0) is 19.1 Å². The molecule has 18 heteroatoms. The van der Waals surface area contributed by atoms with Crippen LogP contribution < -0.4 is 24.6 Å². The summed E-state index contributed by atoms with van der Waals surface area (Å²) in [6, 6.07) is 15.7. The topological polar surface area (TPSA) is 190 Å². The van der Waals surface area contributed by atoms with Gasteiger partial charge in [0.1, 0.15) is 11.3 Å². The summed E-state index contributed by atoms with van der Waals surface area (Å²) in [6.45, 7) is 2.44. The molecule has 0 aliphatic carbocycles. The van der Waals surface area contributed by atoms with Gasteiger partial charge in [0, 0.05) is 71.5 Å². The van der Waals surface area contributed by atoms with Crippen LogP contribution in [0.3, 0.4) is 0 Å². The van der Waals surface area contributed by atoms with Crippen molar-refractivity contribution in [3.63, 3.8) is 0 Å². The second-order valence-electron chi connectivity index (χ2n) is 13.1. The Balaban J connectivity index is 1.23. The average molecular weight is 853 g/mol. The maximum Gasteiger partial charge on any atom is 0.419 e. The molecular weight excluding hydrogens is 812 g/mol. The monoisotopic (exact) mass is 852 g/mol. The van der Waals surface area contributed by atoms with Crippen LogP contribution in [0.5, 0.6) is 11.5 Å². The van der Waals surface area contributed by atoms with Crippen molar-refractivity contribution in [2.45, 2.75) is 30.6 Å². The first-order valence-corrected chi connectivity index (χ1v) is 20.9. The van der Waals surface area contributed by atoms with Gasteiger partial charge >= 0.3 is 18.0 Å². The van der Waals surface area contributed by atoms with Crippen molar-refractivity contribution in [3.05, 3.63) is 77.2 Å². The van der Waals surface area contributed by atoms with Gasteiger partial charge in [-0.3, -0.25) is 19.3 Å². The van der Waals surface area contributed by atoms with Gasteiger partial charge in [0.25, 0.3) is 5.91 Å². The van der Waals surface area contributed by atoms with Gasteiger partial charge in [-0.25, -0.2) is 9.59 Å². The average Bonchev–Trinajstić information content (AvgIpc) is 3.92. The number of aryl methyl sites for hydroxylation is 1. The molecule has 3 amide bonds. The number of aliphatic carboxylic acids is 1. The molecule has 3 aromatic carbocycles. The minimum atomic E-state index is -0.948. The standard InChI is InChI=1S/C40H41ClN4O11S2/c1-22-34(39(50)53-4)36-35-24(20-41)21-45(38(49)30-18-23-17-25(52-3)9-10-28(23)55-30)27(35)19-29(37(36)43-22)56-40(51)44(2)26-7-5-6-8-31(26)58-57-16-12-32(46)42-13-15-54-14-11-33(47)48/h5-10,17-19,24,43H,11-16,20-21H2,1-4H3,(H,42,46)(H,47,48)/t24-/m1/s1. The maximum absolute atomic E-state index is 14.2. The number of nitrogens with zero attached hydrogens (tertiary/aromatic N) is 2. The normalized spacial score (nSPS) is 13.4. The van der Waals surface area contributed by atoms with E-state index in [1.165, 1.54) is 38.5 Å². The summed E-state index contributed by atoms with van der Waals surface area (Å²) in [5.41, 5.74) is 3.14. The largest absolute Gasteiger partial charge is 0.497 e. The molecule has 3 N–H and O–H groups in total. The summed E-state index contributed by atoms with van der Waals surface area (Å²) < 4.78 is 27.8. The van der Waals surface area contributed by atoms with Gasteiger partial charge in [-0.1, -0.05) is 33.7 Å². The predicted octanol–water partition coefficient (Wildman–Crippen LogP) is 7.37. The van der Waals surface area contributed by atoms with Crippen LogP contribution in [0.15, 0.2) is 63.9 Å². The van der Waals surface area contributed by atoms with Crippen LogP contribution in [0.25, 0.3) is 21.9 Å². The first-order valence-electron chi connectivity index (χ1n) is 18.1. The Morgan fingerprint density at radius 1 is 1.07 bits per heavy atom. The van der Waals surface area contributed by atoms with Crippen molar-refractivity contribution in [2.75, 3.05) is 69.0 Å². The number of fused-ring (bicyclic) bond motifs is 4. The van der Waals surface area contributed by atoms with E-state index in [1.807, 2.05) is 12.1 Å². The number of carbonyl (C=O) groups excluding carboxylic acids is 4. The van der Waals surface area contributed by atoms with Crippen molar-refractivity contribution in [3.8, 4) is 11.5 Å². The van der Waals surface area contributed by atoms with E-state index < -0.39 is 29.9 Å². The number of benzene rings is 3. The van der Waals surface area contributed by atoms with E-state index in [1.54, 1.807) is 63.5 Å². The van der Waals surface area contributed by atoms with E-state index in [-0.39, 0.29) is 68.0 Å². The Morgan fingerprint density at radius 2 is 1.86 bits per heavy atom. The van der Waals surface area contributed by atoms with Gasteiger partial charge in [-0.05, 0) is 48.9 Å². The summed E-state index contributed by atoms with van der Waals surface area (Å²) in [5.74, 6) is -1.22. The van der Waals surface area contributed by atoms with E-state index in [9.17, 15) is 24.0 Å². The van der Waals surface area contributed by atoms with E-state index in [4.69, 9.17) is 40.1 Å². The van der Waals surface area contributed by atoms with E-state index >= 15 is 0 Å². The lowest BCUT2D eigenvalue weighted by Gasteiger charge is -2.21. The molecule has 1 aliphatic heterocycles. The smallest absolute Gasteiger partial charge is 0.419 e. The van der Waals surface area contributed by atoms with Crippen LogP contribution in [0.4, 0.5) is 16.2 Å². The quantitative estimate of drug-likeness (QED) is 0.0364. The number of furan rings is 1. The van der Waals surface area contributed by atoms with Crippen LogP contribution >= 0.6 is 33.2 Å². The summed E-state index contributed by atoms with van der Waals surface area (Å²) >= 11 is 6.54. The highest BCUT2D eigenvalue weighted by Crippen LogP contribution is 2.48. The number of H-pyrrole nitrogens is 1. The van der Waals surface area contributed by atoms with E-state index in [2.05, 4.69) is 10.3 Å². The highest BCUT2D eigenvalue weighted by molar-refractivity contribution is 8.76. The number of aromatic nitrogens is 1. The third kappa shape index (κ3) is 9.17. The van der Waals surface area contributed by atoms with Gasteiger partial charge in [0.15, 0.2) is 11.5 Å². The van der Waals surface area contributed by atoms with Crippen molar-refractivity contribution in [1.29, 1.82) is 0 Å². The van der Waals surface area contributed by atoms with Crippen molar-refractivity contribution in [2.24, 2.45) is 0 Å². The Kier molecular flexibility index (Phi) is 13.8. The zero-order valence-electron chi connectivity index (χ0n) is 32.0. The number of hydrogen-bond acceptors (Lipinski definition) is 12. The molecule has 58 heavy (non-hydrogen) atoms. The number of aromatic amines is 1. The lowest BCUT2D eigenvalue weighted by molar-refractivity contribution is -0.138. The molecule has 0 fully saturated rings. The second-order valence-corrected chi connectivity index (χ2v) is 15.9. The van der Waals surface area contributed by atoms with Crippen LogP contribution in [0.1, 0.15) is 50.9 Å². The van der Waals surface area contributed by atoms with Gasteiger partial charge in [-0.2, -0.15) is 0 Å². The van der Waals surface area contributed by atoms with Crippen LogP contribution in [0.2, 0.25) is 0 Å². The molecule has 0 saturated carbocycles. The zero-order chi connectivity index (χ0) is 41.5. The molecule has 0 unspecified atom stereocenters. The number of ether oxygens (including phenoxy) is 4. The molecule has 1 atom stereocenters. The molecular formula is C40H41ClN4O11S2. The SMILES string of the molecule is COC(=O)c1c(C)[nH]c2c(OC(=O)N(C)c3ccccc3SSCCC(=O)NCCOCCC(=O)O)cc3c(c12)[C@H](CCl)CN3C(=O)c1cc2cc(OC)ccc2o1. The molecule has 6 rings (SSSR count). The van der Waals surface area contributed by atoms with Crippen LogP contribution in [-0.4, -0.2) is 99.1 Å². The first kappa shape index (κ1) is 42.3. The number of amides is 3. The molecule has 0 spiro atoms. The molecule has 0 bridgehead atoms. The number of esters is 1. The fraction of sp³-hybridized carbons (Fsp3) is 0.325. The third-order valence-electron chi connectivity index (χ3n) is 9.39. The Labute approximate surface area is 346 Å². The Bertz CT molecular complexity index is 2360. The predicted molar refractivity (Wildman–Crippen MR) is 222 cm³/mol. The van der Waals surface area contributed by atoms with E-state index in [0.717, 1.165) is 4.90 Å². The Morgan fingerprint density at radius 3 is 2.60 bits per heavy atom. The Hall–Kier alpha value is -5.36. The minimum absolute atomic E-state index is 0.0732. The highest BCUT2D eigenvalue weighted by Gasteiger charge is 2.39. The lowest BCUT2D eigenvalue weighted by Crippen LogP contribution is -2.30.